The molecule has 0 aliphatic heterocycles. The minimum Gasteiger partial charge on any atom is -0.341 e. The van der Waals surface area contributed by atoms with E-state index in [0.29, 0.717) is 15.8 Å². The standard InChI is InChI=1S/C11H13BrFN3/c1-5(2)10(14)11-15-8-3-6(12)7(13)4-9(8)16-11/h3-5,10H,14H2,1-2H3,(H,15,16). The molecule has 0 fully saturated rings. The third kappa shape index (κ3) is 1.97. The predicted molar refractivity (Wildman–Crippen MR) is 65.5 cm³/mol. The summed E-state index contributed by atoms with van der Waals surface area (Å²) in [4.78, 5) is 7.41. The van der Waals surface area contributed by atoms with E-state index < -0.39 is 0 Å². The molecule has 0 spiro atoms. The zero-order chi connectivity index (χ0) is 11.9. The summed E-state index contributed by atoms with van der Waals surface area (Å²) in [6.07, 6.45) is 0. The summed E-state index contributed by atoms with van der Waals surface area (Å²) in [7, 11) is 0. The zero-order valence-electron chi connectivity index (χ0n) is 9.09. The number of hydrogen-bond donors (Lipinski definition) is 2. The van der Waals surface area contributed by atoms with Crippen LogP contribution in [0.25, 0.3) is 11.0 Å². The van der Waals surface area contributed by atoms with Gasteiger partial charge in [-0.05, 0) is 27.9 Å². The summed E-state index contributed by atoms with van der Waals surface area (Å²) in [5, 5.41) is 0. The highest BCUT2D eigenvalue weighted by molar-refractivity contribution is 9.10. The number of nitrogens with one attached hydrogen (secondary N) is 1. The first-order valence-electron chi connectivity index (χ1n) is 5.09. The predicted octanol–water partition coefficient (Wildman–Crippen LogP) is 3.12. The van der Waals surface area contributed by atoms with E-state index in [4.69, 9.17) is 5.73 Å². The van der Waals surface area contributed by atoms with Crippen LogP contribution in [0, 0.1) is 11.7 Å². The molecule has 3 N–H and O–H groups in total. The summed E-state index contributed by atoms with van der Waals surface area (Å²) in [5.41, 5.74) is 7.37. The van der Waals surface area contributed by atoms with Crippen molar-refractivity contribution in [1.29, 1.82) is 0 Å². The number of halogens is 2. The fraction of sp³-hybridized carbons (Fsp3) is 0.364. The molecule has 86 valence electrons. The highest BCUT2D eigenvalue weighted by Gasteiger charge is 2.15. The first-order chi connectivity index (χ1) is 7.49. The second kappa shape index (κ2) is 4.14. The molecule has 1 unspecified atom stereocenters. The Morgan fingerprint density at radius 3 is 2.75 bits per heavy atom. The number of nitrogens with zero attached hydrogens (tertiary/aromatic N) is 1. The number of benzene rings is 1. The molecule has 5 heteroatoms. The van der Waals surface area contributed by atoms with Crippen molar-refractivity contribution in [1.82, 2.24) is 9.97 Å². The van der Waals surface area contributed by atoms with Crippen LogP contribution >= 0.6 is 15.9 Å². The van der Waals surface area contributed by atoms with Crippen molar-refractivity contribution in [2.75, 3.05) is 0 Å². The van der Waals surface area contributed by atoms with Gasteiger partial charge in [0.1, 0.15) is 11.6 Å². The van der Waals surface area contributed by atoms with E-state index in [1.807, 2.05) is 13.8 Å². The van der Waals surface area contributed by atoms with Gasteiger partial charge in [-0.25, -0.2) is 9.37 Å². The lowest BCUT2D eigenvalue weighted by atomic mass is 10.1. The average Bonchev–Trinajstić information content (AvgIpc) is 2.60. The monoisotopic (exact) mass is 285 g/mol. The molecule has 1 heterocycles. The van der Waals surface area contributed by atoms with Crippen molar-refractivity contribution >= 4 is 27.0 Å². The van der Waals surface area contributed by atoms with Crippen molar-refractivity contribution in [3.8, 4) is 0 Å². The zero-order valence-corrected chi connectivity index (χ0v) is 10.7. The Kier molecular flexibility index (Phi) is 2.99. The van der Waals surface area contributed by atoms with Gasteiger partial charge in [0.15, 0.2) is 0 Å². The summed E-state index contributed by atoms with van der Waals surface area (Å²) in [6, 6.07) is 2.91. The number of rotatable bonds is 2. The van der Waals surface area contributed by atoms with E-state index in [1.54, 1.807) is 6.07 Å². The largest absolute Gasteiger partial charge is 0.341 e. The summed E-state index contributed by atoms with van der Waals surface area (Å²) in [6.45, 7) is 4.04. The van der Waals surface area contributed by atoms with Gasteiger partial charge in [-0.1, -0.05) is 13.8 Å². The highest BCUT2D eigenvalue weighted by Crippen LogP contribution is 2.24. The number of aromatic amines is 1. The Bertz CT molecular complexity index is 482. The van der Waals surface area contributed by atoms with Gasteiger partial charge in [-0.3, -0.25) is 0 Å². The molecular weight excluding hydrogens is 273 g/mol. The summed E-state index contributed by atoms with van der Waals surface area (Å²) < 4.78 is 13.7. The lowest BCUT2D eigenvalue weighted by Gasteiger charge is -2.11. The smallest absolute Gasteiger partial charge is 0.139 e. The molecule has 0 saturated carbocycles. The van der Waals surface area contributed by atoms with Crippen molar-refractivity contribution in [3.05, 3.63) is 28.2 Å². The minimum absolute atomic E-state index is 0.158. The van der Waals surface area contributed by atoms with Gasteiger partial charge >= 0.3 is 0 Å². The third-order valence-electron chi connectivity index (χ3n) is 2.58. The second-order valence-electron chi connectivity index (χ2n) is 4.18. The number of fused-ring (bicyclic) bond motifs is 1. The lowest BCUT2D eigenvalue weighted by molar-refractivity contribution is 0.495. The topological polar surface area (TPSA) is 54.7 Å². The molecule has 1 aromatic heterocycles. The van der Waals surface area contributed by atoms with Crippen LogP contribution in [0.1, 0.15) is 25.7 Å². The number of aromatic nitrogens is 2. The van der Waals surface area contributed by atoms with Crippen molar-refractivity contribution in [2.24, 2.45) is 11.7 Å². The Balaban J connectivity index is 2.52. The molecule has 0 saturated heterocycles. The summed E-state index contributed by atoms with van der Waals surface area (Å²) in [5.74, 6) is 0.678. The molecule has 1 atom stereocenters. The van der Waals surface area contributed by atoms with Crippen LogP contribution in [0.3, 0.4) is 0 Å². The van der Waals surface area contributed by atoms with Crippen LogP contribution in [0.2, 0.25) is 0 Å². The first kappa shape index (κ1) is 11.5. The van der Waals surface area contributed by atoms with Crippen LogP contribution in [0.15, 0.2) is 16.6 Å². The molecule has 0 radical (unpaired) electrons. The van der Waals surface area contributed by atoms with Gasteiger partial charge in [0, 0.05) is 6.07 Å². The minimum atomic E-state index is -0.305. The normalized spacial score (nSPS) is 13.6. The van der Waals surface area contributed by atoms with E-state index >= 15 is 0 Å². The second-order valence-corrected chi connectivity index (χ2v) is 5.03. The fourth-order valence-corrected chi connectivity index (χ4v) is 1.83. The molecule has 3 nitrogen and oxygen atoms in total. The Hall–Kier alpha value is -0.940. The van der Waals surface area contributed by atoms with Gasteiger partial charge in [0.05, 0.1) is 21.5 Å². The first-order valence-corrected chi connectivity index (χ1v) is 5.88. The highest BCUT2D eigenvalue weighted by atomic mass is 79.9. The van der Waals surface area contributed by atoms with Crippen molar-refractivity contribution < 1.29 is 4.39 Å². The van der Waals surface area contributed by atoms with Crippen LogP contribution < -0.4 is 5.73 Å². The molecule has 0 amide bonds. The molecule has 0 aliphatic carbocycles. The molecule has 2 aromatic rings. The summed E-state index contributed by atoms with van der Waals surface area (Å²) >= 11 is 3.13. The van der Waals surface area contributed by atoms with Gasteiger partial charge in [-0.2, -0.15) is 0 Å². The van der Waals surface area contributed by atoms with Gasteiger partial charge in [0.2, 0.25) is 0 Å². The van der Waals surface area contributed by atoms with Crippen LogP contribution in [-0.2, 0) is 0 Å². The molecule has 2 rings (SSSR count). The maximum atomic E-state index is 13.3. The van der Waals surface area contributed by atoms with Crippen LogP contribution in [0.4, 0.5) is 4.39 Å². The van der Waals surface area contributed by atoms with Gasteiger partial charge in [-0.15, -0.1) is 0 Å². The van der Waals surface area contributed by atoms with Crippen LogP contribution in [-0.4, -0.2) is 9.97 Å². The average molecular weight is 286 g/mol. The van der Waals surface area contributed by atoms with Crippen molar-refractivity contribution in [2.45, 2.75) is 19.9 Å². The number of hydrogen-bond acceptors (Lipinski definition) is 2. The Morgan fingerprint density at radius 2 is 2.12 bits per heavy atom. The quantitative estimate of drug-likeness (QED) is 0.891. The maximum Gasteiger partial charge on any atom is 0.139 e. The lowest BCUT2D eigenvalue weighted by Crippen LogP contribution is -2.17. The van der Waals surface area contributed by atoms with E-state index in [-0.39, 0.29) is 17.8 Å². The Morgan fingerprint density at radius 1 is 1.44 bits per heavy atom. The van der Waals surface area contributed by atoms with E-state index in [0.717, 1.165) is 5.52 Å². The molecule has 1 aromatic carbocycles. The fourth-order valence-electron chi connectivity index (χ4n) is 1.50. The number of H-pyrrole nitrogens is 1. The number of nitrogens with two attached hydrogens (primary N) is 1. The maximum absolute atomic E-state index is 13.3. The van der Waals surface area contributed by atoms with Crippen LogP contribution in [0.5, 0.6) is 0 Å². The van der Waals surface area contributed by atoms with Crippen molar-refractivity contribution in [3.63, 3.8) is 0 Å². The molecule has 16 heavy (non-hydrogen) atoms. The molecular formula is C11H13BrFN3. The SMILES string of the molecule is CC(C)C(N)c1nc2cc(Br)c(F)cc2[nH]1. The van der Waals surface area contributed by atoms with Gasteiger partial charge in [0.25, 0.3) is 0 Å². The van der Waals surface area contributed by atoms with E-state index in [1.165, 1.54) is 6.07 Å². The third-order valence-corrected chi connectivity index (χ3v) is 3.18. The van der Waals surface area contributed by atoms with E-state index in [9.17, 15) is 4.39 Å². The van der Waals surface area contributed by atoms with Gasteiger partial charge < -0.3 is 10.7 Å². The number of imidazole rings is 1. The van der Waals surface area contributed by atoms with E-state index in [2.05, 4.69) is 25.9 Å². The molecule has 0 bridgehead atoms. The molecule has 0 aliphatic rings. The Labute approximate surface area is 101 Å².